The zero-order valence-corrected chi connectivity index (χ0v) is 13.8. The molecule has 2 atom stereocenters. The van der Waals surface area contributed by atoms with Crippen molar-refractivity contribution in [2.24, 2.45) is 5.92 Å². The Kier molecular flexibility index (Phi) is 6.31. The molecule has 2 fully saturated rings. The number of hydrogen-bond acceptors (Lipinski definition) is 3. The van der Waals surface area contributed by atoms with E-state index in [2.05, 4.69) is 24.1 Å². The average molecular weight is 282 g/mol. The minimum Gasteiger partial charge on any atom is -0.377 e. The molecule has 2 aliphatic rings. The van der Waals surface area contributed by atoms with Gasteiger partial charge in [-0.25, -0.2) is 0 Å². The van der Waals surface area contributed by atoms with Crippen molar-refractivity contribution in [2.75, 3.05) is 33.3 Å². The molecule has 118 valence electrons. The van der Waals surface area contributed by atoms with Crippen LogP contribution in [0.25, 0.3) is 0 Å². The van der Waals surface area contributed by atoms with E-state index in [0.717, 1.165) is 19.0 Å². The van der Waals surface area contributed by atoms with Gasteiger partial charge in [0.2, 0.25) is 0 Å². The number of piperidine rings is 1. The van der Waals surface area contributed by atoms with Gasteiger partial charge in [0.25, 0.3) is 0 Å². The van der Waals surface area contributed by atoms with Crippen molar-refractivity contribution < 1.29 is 4.74 Å². The summed E-state index contributed by atoms with van der Waals surface area (Å²) in [5.74, 6) is 0.888. The van der Waals surface area contributed by atoms with Crippen LogP contribution >= 0.6 is 0 Å². The first kappa shape index (κ1) is 16.3. The maximum absolute atomic E-state index is 5.73. The van der Waals surface area contributed by atoms with Crippen LogP contribution in [0.1, 0.15) is 58.8 Å². The number of hydrogen-bond donors (Lipinski definition) is 1. The van der Waals surface area contributed by atoms with Crippen molar-refractivity contribution in [3.8, 4) is 0 Å². The highest BCUT2D eigenvalue weighted by molar-refractivity contribution is 4.88. The van der Waals surface area contributed by atoms with Gasteiger partial charge < -0.3 is 10.1 Å². The summed E-state index contributed by atoms with van der Waals surface area (Å²) in [7, 11) is 1.87. The van der Waals surface area contributed by atoms with Crippen molar-refractivity contribution in [2.45, 2.75) is 70.4 Å². The van der Waals surface area contributed by atoms with Crippen molar-refractivity contribution >= 4 is 0 Å². The van der Waals surface area contributed by atoms with E-state index in [1.165, 1.54) is 58.0 Å². The Labute approximate surface area is 125 Å². The largest absolute Gasteiger partial charge is 0.377 e. The highest BCUT2D eigenvalue weighted by Gasteiger charge is 2.33. The number of rotatable bonds is 6. The lowest BCUT2D eigenvalue weighted by molar-refractivity contribution is -0.0538. The Morgan fingerprint density at radius 1 is 1.25 bits per heavy atom. The van der Waals surface area contributed by atoms with Gasteiger partial charge in [0, 0.05) is 26.2 Å². The predicted molar refractivity (Wildman–Crippen MR) is 85.1 cm³/mol. The van der Waals surface area contributed by atoms with E-state index in [0.29, 0.717) is 6.04 Å². The summed E-state index contributed by atoms with van der Waals surface area (Å²) in [4.78, 5) is 2.63. The molecule has 0 spiro atoms. The molecule has 1 heterocycles. The third kappa shape index (κ3) is 4.44. The lowest BCUT2D eigenvalue weighted by atomic mass is 9.83. The second-order valence-corrected chi connectivity index (χ2v) is 7.05. The van der Waals surface area contributed by atoms with Gasteiger partial charge in [-0.2, -0.15) is 0 Å². The van der Waals surface area contributed by atoms with Crippen LogP contribution in [0.15, 0.2) is 0 Å². The molecule has 0 aromatic rings. The normalized spacial score (nSPS) is 31.4. The van der Waals surface area contributed by atoms with Crippen LogP contribution in [0, 0.1) is 5.92 Å². The fraction of sp³-hybridized carbons (Fsp3) is 1.00. The topological polar surface area (TPSA) is 24.5 Å². The Morgan fingerprint density at radius 3 is 2.65 bits per heavy atom. The van der Waals surface area contributed by atoms with E-state index in [4.69, 9.17) is 4.74 Å². The maximum atomic E-state index is 5.73. The van der Waals surface area contributed by atoms with E-state index < -0.39 is 0 Å². The monoisotopic (exact) mass is 282 g/mol. The number of likely N-dealkylation sites (N-methyl/N-ethyl adjacent to an activating group) is 1. The minimum absolute atomic E-state index is 0.0710. The number of likely N-dealkylation sites (tertiary alicyclic amines) is 1. The SMILES string of the molecule is CCNC(CN1CCCC(C)(OC)C1)C1CCCCC1. The Balaban J connectivity index is 1.89. The van der Waals surface area contributed by atoms with Gasteiger partial charge in [-0.3, -0.25) is 4.90 Å². The molecule has 2 unspecified atom stereocenters. The van der Waals surface area contributed by atoms with E-state index >= 15 is 0 Å². The fourth-order valence-corrected chi connectivity index (χ4v) is 4.09. The summed E-state index contributed by atoms with van der Waals surface area (Å²) in [5, 5.41) is 3.76. The number of ether oxygens (including phenoxy) is 1. The molecular weight excluding hydrogens is 248 g/mol. The van der Waals surface area contributed by atoms with Crippen molar-refractivity contribution in [3.05, 3.63) is 0 Å². The van der Waals surface area contributed by atoms with Crippen LogP contribution in [0.3, 0.4) is 0 Å². The second kappa shape index (κ2) is 7.77. The molecule has 3 nitrogen and oxygen atoms in total. The summed E-state index contributed by atoms with van der Waals surface area (Å²) < 4.78 is 5.73. The quantitative estimate of drug-likeness (QED) is 0.810. The van der Waals surface area contributed by atoms with Crippen molar-refractivity contribution in [3.63, 3.8) is 0 Å². The zero-order valence-electron chi connectivity index (χ0n) is 13.8. The molecule has 2 rings (SSSR count). The molecule has 1 saturated heterocycles. The molecule has 1 saturated carbocycles. The van der Waals surface area contributed by atoms with E-state index in [-0.39, 0.29) is 5.60 Å². The standard InChI is InChI=1S/C17H34N2O/c1-4-18-16(15-9-6-5-7-10-15)13-19-12-8-11-17(2,14-19)20-3/h15-16,18H,4-14H2,1-3H3. The van der Waals surface area contributed by atoms with E-state index in [9.17, 15) is 0 Å². The first-order valence-corrected chi connectivity index (χ1v) is 8.68. The van der Waals surface area contributed by atoms with Crippen LogP contribution in [-0.4, -0.2) is 49.8 Å². The van der Waals surface area contributed by atoms with Crippen LogP contribution in [0.2, 0.25) is 0 Å². The van der Waals surface area contributed by atoms with Gasteiger partial charge in [-0.1, -0.05) is 26.2 Å². The first-order valence-electron chi connectivity index (χ1n) is 8.68. The summed E-state index contributed by atoms with van der Waals surface area (Å²) in [6.07, 6.45) is 9.63. The minimum atomic E-state index is 0.0710. The fourth-order valence-electron chi connectivity index (χ4n) is 4.09. The van der Waals surface area contributed by atoms with Crippen LogP contribution in [-0.2, 0) is 4.74 Å². The highest BCUT2D eigenvalue weighted by Crippen LogP contribution is 2.29. The van der Waals surface area contributed by atoms with Gasteiger partial charge in [-0.15, -0.1) is 0 Å². The smallest absolute Gasteiger partial charge is 0.0777 e. The average Bonchev–Trinajstić information content (AvgIpc) is 2.48. The molecule has 1 N–H and O–H groups in total. The van der Waals surface area contributed by atoms with Gasteiger partial charge in [0.05, 0.1) is 5.60 Å². The third-order valence-electron chi connectivity index (χ3n) is 5.37. The molecule has 0 aromatic heterocycles. The van der Waals surface area contributed by atoms with Gasteiger partial charge >= 0.3 is 0 Å². The van der Waals surface area contributed by atoms with Crippen LogP contribution < -0.4 is 5.32 Å². The summed E-state index contributed by atoms with van der Waals surface area (Å²) >= 11 is 0. The lowest BCUT2D eigenvalue weighted by Crippen LogP contribution is -2.53. The summed E-state index contributed by atoms with van der Waals surface area (Å²) in [6.45, 7) is 9.15. The molecule has 3 heteroatoms. The number of nitrogens with one attached hydrogen (secondary N) is 1. The van der Waals surface area contributed by atoms with Gasteiger partial charge in [0.1, 0.15) is 0 Å². The molecule has 1 aliphatic carbocycles. The highest BCUT2D eigenvalue weighted by atomic mass is 16.5. The summed E-state index contributed by atoms with van der Waals surface area (Å²) in [6, 6.07) is 0.680. The zero-order chi connectivity index (χ0) is 14.4. The molecule has 1 aliphatic heterocycles. The first-order chi connectivity index (χ1) is 9.67. The van der Waals surface area contributed by atoms with E-state index in [1.807, 2.05) is 7.11 Å². The molecule has 0 radical (unpaired) electrons. The summed E-state index contributed by atoms with van der Waals surface area (Å²) in [5.41, 5.74) is 0.0710. The number of nitrogens with zero attached hydrogens (tertiary/aromatic N) is 1. The molecular formula is C17H34N2O. The maximum Gasteiger partial charge on any atom is 0.0777 e. The van der Waals surface area contributed by atoms with Gasteiger partial charge in [-0.05, 0) is 51.6 Å². The predicted octanol–water partition coefficient (Wildman–Crippen LogP) is 3.05. The second-order valence-electron chi connectivity index (χ2n) is 7.05. The van der Waals surface area contributed by atoms with Crippen LogP contribution in [0.4, 0.5) is 0 Å². The van der Waals surface area contributed by atoms with Crippen molar-refractivity contribution in [1.29, 1.82) is 0 Å². The molecule has 20 heavy (non-hydrogen) atoms. The molecule has 0 aromatic carbocycles. The van der Waals surface area contributed by atoms with Crippen molar-refractivity contribution in [1.82, 2.24) is 10.2 Å². The van der Waals surface area contributed by atoms with Gasteiger partial charge in [0.15, 0.2) is 0 Å². The number of methoxy groups -OCH3 is 1. The molecule has 0 amide bonds. The van der Waals surface area contributed by atoms with Crippen LogP contribution in [0.5, 0.6) is 0 Å². The Hall–Kier alpha value is -0.120. The van der Waals surface area contributed by atoms with E-state index in [1.54, 1.807) is 0 Å². The Bertz CT molecular complexity index is 278. The lowest BCUT2D eigenvalue weighted by Gasteiger charge is -2.42. The Morgan fingerprint density at radius 2 is 2.00 bits per heavy atom. The molecule has 0 bridgehead atoms. The third-order valence-corrected chi connectivity index (χ3v) is 5.37.